The van der Waals surface area contributed by atoms with Gasteiger partial charge in [0.1, 0.15) is 12.4 Å². The lowest BCUT2D eigenvalue weighted by Crippen LogP contribution is -2.45. The Hall–Kier alpha value is -2.98. The number of nitrogens with zero attached hydrogens (tertiary/aromatic N) is 5. The van der Waals surface area contributed by atoms with E-state index in [9.17, 15) is 8.78 Å². The van der Waals surface area contributed by atoms with Crippen molar-refractivity contribution in [2.75, 3.05) is 43.9 Å². The molecule has 1 aliphatic rings. The van der Waals surface area contributed by atoms with Crippen molar-refractivity contribution in [1.29, 1.82) is 0 Å². The van der Waals surface area contributed by atoms with E-state index >= 15 is 0 Å². The molecule has 3 aromatic rings. The summed E-state index contributed by atoms with van der Waals surface area (Å²) in [5.74, 6) is -0.427. The molecule has 0 unspecified atom stereocenters. The van der Waals surface area contributed by atoms with Gasteiger partial charge < -0.3 is 20.3 Å². The van der Waals surface area contributed by atoms with Gasteiger partial charge >= 0.3 is 0 Å². The fourth-order valence-electron chi connectivity index (χ4n) is 3.04. The normalized spacial score (nSPS) is 14.6. The highest BCUT2D eigenvalue weighted by molar-refractivity contribution is 7.99. The number of rotatable bonds is 6. The van der Waals surface area contributed by atoms with E-state index in [1.807, 2.05) is 6.07 Å². The number of pyridine rings is 1. The molecule has 1 fully saturated rings. The second kappa shape index (κ2) is 9.44. The average molecular weight is 445 g/mol. The minimum Gasteiger partial charge on any atom is -0.472 e. The summed E-state index contributed by atoms with van der Waals surface area (Å²) in [5, 5.41) is 0. The Kier molecular flexibility index (Phi) is 6.47. The van der Waals surface area contributed by atoms with Crippen LogP contribution < -0.4 is 15.4 Å². The van der Waals surface area contributed by atoms with Crippen molar-refractivity contribution in [3.8, 4) is 5.88 Å². The van der Waals surface area contributed by atoms with E-state index in [1.54, 1.807) is 18.5 Å². The first-order valence-electron chi connectivity index (χ1n) is 9.74. The second-order valence-corrected chi connectivity index (χ2v) is 8.30. The highest BCUT2D eigenvalue weighted by Crippen LogP contribution is 2.34. The Morgan fingerprint density at radius 3 is 2.55 bits per heavy atom. The molecule has 0 amide bonds. The number of piperazine rings is 1. The molecule has 1 aromatic carbocycles. The van der Waals surface area contributed by atoms with E-state index in [0.29, 0.717) is 28.1 Å². The highest BCUT2D eigenvalue weighted by Gasteiger charge is 2.19. The van der Waals surface area contributed by atoms with Crippen LogP contribution in [0.25, 0.3) is 0 Å². The summed E-state index contributed by atoms with van der Waals surface area (Å²) in [6.07, 6.45) is 3.37. The number of nitrogen functional groups attached to an aromatic ring is 1. The summed E-state index contributed by atoms with van der Waals surface area (Å²) >= 11 is 1.39. The zero-order valence-electron chi connectivity index (χ0n) is 17.0. The SMILES string of the molecule is CN1CCN(c2ncc(Sc3ccc(N)nc3)c(OCc3ccc(F)c(F)c3)n2)CC1. The molecule has 0 saturated carbocycles. The lowest BCUT2D eigenvalue weighted by atomic mass is 10.2. The number of halogens is 2. The minimum atomic E-state index is -0.913. The Bertz CT molecular complexity index is 1040. The molecule has 4 rings (SSSR count). The van der Waals surface area contributed by atoms with Gasteiger partial charge in [-0.15, -0.1) is 0 Å². The van der Waals surface area contributed by atoms with Gasteiger partial charge in [0.15, 0.2) is 11.6 Å². The maximum absolute atomic E-state index is 13.6. The number of ether oxygens (including phenoxy) is 1. The first-order chi connectivity index (χ1) is 15.0. The summed E-state index contributed by atoms with van der Waals surface area (Å²) in [5.41, 5.74) is 6.16. The van der Waals surface area contributed by atoms with E-state index < -0.39 is 11.6 Å². The lowest BCUT2D eigenvalue weighted by molar-refractivity contribution is 0.282. The zero-order valence-corrected chi connectivity index (χ0v) is 17.8. The molecule has 0 spiro atoms. The highest BCUT2D eigenvalue weighted by atomic mass is 32.2. The first kappa shape index (κ1) is 21.3. The van der Waals surface area contributed by atoms with Gasteiger partial charge in [-0.1, -0.05) is 17.8 Å². The van der Waals surface area contributed by atoms with E-state index in [2.05, 4.69) is 31.8 Å². The van der Waals surface area contributed by atoms with Crippen molar-refractivity contribution in [2.45, 2.75) is 16.4 Å². The van der Waals surface area contributed by atoms with Crippen molar-refractivity contribution in [1.82, 2.24) is 19.9 Å². The Balaban J connectivity index is 1.58. The Labute approximate surface area is 183 Å². The maximum Gasteiger partial charge on any atom is 0.232 e. The van der Waals surface area contributed by atoms with Crippen LogP contribution in [0.4, 0.5) is 20.5 Å². The predicted octanol–water partition coefficient (Wildman–Crippen LogP) is 3.21. The molecule has 3 heterocycles. The lowest BCUT2D eigenvalue weighted by Gasteiger charge is -2.32. The number of hydrogen-bond donors (Lipinski definition) is 1. The molecule has 10 heteroatoms. The molecule has 1 aliphatic heterocycles. The second-order valence-electron chi connectivity index (χ2n) is 7.19. The number of nitrogens with two attached hydrogens (primary N) is 1. The van der Waals surface area contributed by atoms with Crippen molar-refractivity contribution in [3.63, 3.8) is 0 Å². The quantitative estimate of drug-likeness (QED) is 0.621. The van der Waals surface area contributed by atoms with Crippen LogP contribution in [0.1, 0.15) is 5.56 Å². The van der Waals surface area contributed by atoms with E-state index in [-0.39, 0.29) is 6.61 Å². The van der Waals surface area contributed by atoms with Crippen LogP contribution in [0.15, 0.2) is 52.5 Å². The molecular weight excluding hydrogens is 422 g/mol. The summed E-state index contributed by atoms with van der Waals surface area (Å²) in [4.78, 5) is 19.1. The number of benzene rings is 1. The molecular formula is C21H22F2N6OS. The van der Waals surface area contributed by atoms with Crippen LogP contribution in [0, 0.1) is 11.6 Å². The van der Waals surface area contributed by atoms with Crippen LogP contribution in [0.3, 0.4) is 0 Å². The largest absolute Gasteiger partial charge is 0.472 e. The standard InChI is InChI=1S/C21H22F2N6OS/c1-28-6-8-29(9-7-28)21-26-12-18(31-15-3-5-19(24)25-11-15)20(27-21)30-13-14-2-4-16(22)17(23)10-14/h2-5,10-12H,6-9,13H2,1H3,(H2,24,25). The van der Waals surface area contributed by atoms with Crippen molar-refractivity contribution in [2.24, 2.45) is 0 Å². The third kappa shape index (κ3) is 5.39. The number of aromatic nitrogens is 3. The van der Waals surface area contributed by atoms with Gasteiger partial charge in [0.25, 0.3) is 0 Å². The Morgan fingerprint density at radius 1 is 1.03 bits per heavy atom. The molecule has 2 aromatic heterocycles. The van der Waals surface area contributed by atoms with Crippen LogP contribution in [-0.2, 0) is 6.61 Å². The fourth-order valence-corrected chi connectivity index (χ4v) is 3.83. The molecule has 0 aliphatic carbocycles. The van der Waals surface area contributed by atoms with Gasteiger partial charge in [0.2, 0.25) is 11.8 Å². The number of anilines is 2. The van der Waals surface area contributed by atoms with Crippen LogP contribution in [-0.4, -0.2) is 53.1 Å². The monoisotopic (exact) mass is 444 g/mol. The smallest absolute Gasteiger partial charge is 0.232 e. The molecule has 0 atom stereocenters. The molecule has 2 N–H and O–H groups in total. The third-order valence-electron chi connectivity index (χ3n) is 4.84. The van der Waals surface area contributed by atoms with E-state index in [4.69, 9.17) is 10.5 Å². The number of hydrogen-bond acceptors (Lipinski definition) is 8. The van der Waals surface area contributed by atoms with Gasteiger partial charge in [-0.05, 0) is 36.9 Å². The fraction of sp³-hybridized carbons (Fsp3) is 0.286. The van der Waals surface area contributed by atoms with Gasteiger partial charge in [0, 0.05) is 37.3 Å². The van der Waals surface area contributed by atoms with E-state index in [0.717, 1.165) is 43.2 Å². The van der Waals surface area contributed by atoms with Crippen LogP contribution in [0.5, 0.6) is 5.88 Å². The minimum absolute atomic E-state index is 0.0456. The van der Waals surface area contributed by atoms with Crippen molar-refractivity contribution < 1.29 is 13.5 Å². The van der Waals surface area contributed by atoms with Crippen molar-refractivity contribution >= 4 is 23.5 Å². The topological polar surface area (TPSA) is 80.4 Å². The maximum atomic E-state index is 13.6. The summed E-state index contributed by atoms with van der Waals surface area (Å²) < 4.78 is 32.7. The van der Waals surface area contributed by atoms with Crippen LogP contribution in [0.2, 0.25) is 0 Å². The third-order valence-corrected chi connectivity index (χ3v) is 5.82. The van der Waals surface area contributed by atoms with Gasteiger partial charge in [-0.3, -0.25) is 0 Å². The average Bonchev–Trinajstić information content (AvgIpc) is 2.77. The van der Waals surface area contributed by atoms with E-state index in [1.165, 1.54) is 17.8 Å². The number of likely N-dealkylation sites (N-methyl/N-ethyl adjacent to an activating group) is 1. The first-order valence-corrected chi connectivity index (χ1v) is 10.6. The van der Waals surface area contributed by atoms with Gasteiger partial charge in [0.05, 0.1) is 11.1 Å². The van der Waals surface area contributed by atoms with Gasteiger partial charge in [-0.2, -0.15) is 4.98 Å². The van der Waals surface area contributed by atoms with Crippen molar-refractivity contribution in [3.05, 3.63) is 59.9 Å². The molecule has 31 heavy (non-hydrogen) atoms. The summed E-state index contributed by atoms with van der Waals surface area (Å²) in [6.45, 7) is 3.51. The molecule has 0 bridgehead atoms. The summed E-state index contributed by atoms with van der Waals surface area (Å²) in [7, 11) is 2.08. The predicted molar refractivity (Wildman–Crippen MR) is 115 cm³/mol. The molecule has 162 valence electrons. The molecule has 7 nitrogen and oxygen atoms in total. The zero-order chi connectivity index (χ0) is 21.8. The summed E-state index contributed by atoms with van der Waals surface area (Å²) in [6, 6.07) is 7.25. The van der Waals surface area contributed by atoms with Gasteiger partial charge in [-0.25, -0.2) is 18.7 Å². The van der Waals surface area contributed by atoms with Crippen LogP contribution >= 0.6 is 11.8 Å². The molecule has 0 radical (unpaired) electrons. The molecule has 1 saturated heterocycles. The Morgan fingerprint density at radius 2 is 1.84 bits per heavy atom.